The van der Waals surface area contributed by atoms with E-state index in [1.165, 1.54) is 70.6 Å². The summed E-state index contributed by atoms with van der Waals surface area (Å²) >= 11 is 0. The smallest absolute Gasteiger partial charge is 0.0105 e. The van der Waals surface area contributed by atoms with Crippen molar-refractivity contribution in [3.63, 3.8) is 0 Å². The Kier molecular flexibility index (Phi) is 6.80. The average Bonchev–Trinajstić information content (AvgIpc) is 3.05. The van der Waals surface area contributed by atoms with Crippen LogP contribution in [0.4, 0.5) is 0 Å². The highest BCUT2D eigenvalue weighted by Gasteiger charge is 2.59. The zero-order valence-electron chi connectivity index (χ0n) is 21.1. The largest absolute Gasteiger partial charge is 0.314 e. The molecular weight excluding hydrogens is 362 g/mol. The van der Waals surface area contributed by atoms with Crippen LogP contribution < -0.4 is 5.32 Å². The molecule has 0 radical (unpaired) electrons. The summed E-state index contributed by atoms with van der Waals surface area (Å²) in [6.45, 7) is 16.2. The van der Waals surface area contributed by atoms with E-state index in [0.717, 1.165) is 48.1 Å². The normalized spacial score (nSPS) is 44.2. The van der Waals surface area contributed by atoms with Gasteiger partial charge >= 0.3 is 0 Å². The van der Waals surface area contributed by atoms with Crippen molar-refractivity contribution in [1.82, 2.24) is 5.32 Å². The zero-order valence-corrected chi connectivity index (χ0v) is 21.1. The fraction of sp³-hybridized carbons (Fsp3) is 0.931. The highest BCUT2D eigenvalue weighted by Crippen LogP contribution is 2.67. The first-order valence-electron chi connectivity index (χ1n) is 13.7. The highest BCUT2D eigenvalue weighted by molar-refractivity contribution is 5.26. The predicted molar refractivity (Wildman–Crippen MR) is 131 cm³/mol. The van der Waals surface area contributed by atoms with Gasteiger partial charge in [0.15, 0.2) is 0 Å². The van der Waals surface area contributed by atoms with Gasteiger partial charge in [0.05, 0.1) is 0 Å². The summed E-state index contributed by atoms with van der Waals surface area (Å²) in [6.07, 6.45) is 18.7. The third-order valence-electron chi connectivity index (χ3n) is 10.8. The molecule has 30 heavy (non-hydrogen) atoms. The van der Waals surface area contributed by atoms with Crippen molar-refractivity contribution >= 4 is 0 Å². The van der Waals surface area contributed by atoms with Crippen molar-refractivity contribution in [3.05, 3.63) is 11.6 Å². The molecule has 0 bridgehead atoms. The molecule has 0 saturated heterocycles. The van der Waals surface area contributed by atoms with Gasteiger partial charge in [0.1, 0.15) is 0 Å². The summed E-state index contributed by atoms with van der Waals surface area (Å²) in [5, 5.41) is 3.75. The Labute approximate surface area is 188 Å². The molecule has 8 atom stereocenters. The third kappa shape index (κ3) is 3.95. The van der Waals surface area contributed by atoms with Crippen molar-refractivity contribution in [3.8, 4) is 0 Å². The molecule has 4 rings (SSSR count). The van der Waals surface area contributed by atoms with Gasteiger partial charge in [-0.3, -0.25) is 0 Å². The topological polar surface area (TPSA) is 12.0 Å². The summed E-state index contributed by atoms with van der Waals surface area (Å²) in [7, 11) is 0. The fourth-order valence-corrected chi connectivity index (χ4v) is 9.15. The zero-order chi connectivity index (χ0) is 21.5. The van der Waals surface area contributed by atoms with E-state index in [1.807, 2.05) is 5.57 Å². The Morgan fingerprint density at radius 2 is 1.80 bits per heavy atom. The van der Waals surface area contributed by atoms with Gasteiger partial charge in [0.25, 0.3) is 0 Å². The van der Waals surface area contributed by atoms with Crippen molar-refractivity contribution < 1.29 is 0 Å². The lowest BCUT2D eigenvalue weighted by molar-refractivity contribution is -0.0514. The van der Waals surface area contributed by atoms with Crippen molar-refractivity contribution in [2.75, 3.05) is 6.54 Å². The Balaban J connectivity index is 1.47. The van der Waals surface area contributed by atoms with Crippen LogP contribution in [-0.2, 0) is 0 Å². The lowest BCUT2D eigenvalue weighted by Crippen LogP contribution is -2.51. The molecule has 0 aromatic rings. The van der Waals surface area contributed by atoms with Gasteiger partial charge in [-0.2, -0.15) is 0 Å². The second kappa shape index (κ2) is 8.92. The van der Waals surface area contributed by atoms with Gasteiger partial charge in [-0.25, -0.2) is 0 Å². The molecule has 0 amide bonds. The number of fused-ring (bicyclic) bond motifs is 5. The second-order valence-electron chi connectivity index (χ2n) is 12.8. The molecule has 1 heteroatoms. The molecular formula is C29H51N. The summed E-state index contributed by atoms with van der Waals surface area (Å²) in [6, 6.07) is 0.738. The van der Waals surface area contributed by atoms with Crippen LogP contribution in [0.3, 0.4) is 0 Å². The molecule has 1 nitrogen and oxygen atoms in total. The maximum Gasteiger partial charge on any atom is 0.0105 e. The first-order valence-corrected chi connectivity index (χ1v) is 13.7. The van der Waals surface area contributed by atoms with Crippen molar-refractivity contribution in [2.24, 2.45) is 46.3 Å². The standard InChI is InChI=1S/C29H51N/c1-7-30-23-15-17-28(5)22(19-23)11-12-24-26-14-13-25(21(4)10-8-9-20(2)3)29(26,6)18-16-27(24)28/h11,20-21,23-27,30H,7-10,12-19H2,1-6H3/t21-,23+,24-,25?,26?,27?,28?,29?/m1/s1. The lowest BCUT2D eigenvalue weighted by Gasteiger charge is -2.58. The Hall–Kier alpha value is -0.300. The second-order valence-corrected chi connectivity index (χ2v) is 12.8. The minimum absolute atomic E-state index is 0.511. The van der Waals surface area contributed by atoms with E-state index in [1.54, 1.807) is 0 Å². The first-order chi connectivity index (χ1) is 14.3. The number of hydrogen-bond acceptors (Lipinski definition) is 1. The number of hydrogen-bond donors (Lipinski definition) is 1. The van der Waals surface area contributed by atoms with Gasteiger partial charge in [-0.1, -0.05) is 72.5 Å². The Morgan fingerprint density at radius 1 is 1.00 bits per heavy atom. The Morgan fingerprint density at radius 3 is 2.53 bits per heavy atom. The monoisotopic (exact) mass is 413 g/mol. The minimum Gasteiger partial charge on any atom is -0.314 e. The average molecular weight is 414 g/mol. The van der Waals surface area contributed by atoms with Crippen LogP contribution >= 0.6 is 0 Å². The van der Waals surface area contributed by atoms with E-state index in [-0.39, 0.29) is 0 Å². The summed E-state index contributed by atoms with van der Waals surface area (Å²) in [5.41, 5.74) is 2.97. The molecule has 4 aliphatic rings. The van der Waals surface area contributed by atoms with Crippen LogP contribution in [-0.4, -0.2) is 12.6 Å². The van der Waals surface area contributed by atoms with Crippen LogP contribution in [0.25, 0.3) is 0 Å². The van der Waals surface area contributed by atoms with E-state index in [2.05, 4.69) is 52.9 Å². The molecule has 3 fully saturated rings. The molecule has 0 aliphatic heterocycles. The van der Waals surface area contributed by atoms with E-state index in [9.17, 15) is 0 Å². The SMILES string of the molecule is CCN[C@H]1CCC2(C)C(=CC[C@H]3C2CCC2(C)C3CCC2[C@H](C)CCCC(C)C)C1. The van der Waals surface area contributed by atoms with Crippen LogP contribution in [0.15, 0.2) is 11.6 Å². The van der Waals surface area contributed by atoms with Gasteiger partial charge < -0.3 is 5.32 Å². The maximum absolute atomic E-state index is 3.75. The predicted octanol–water partition coefficient (Wildman–Crippen LogP) is 8.01. The maximum atomic E-state index is 3.75. The molecule has 1 N–H and O–H groups in total. The summed E-state index contributed by atoms with van der Waals surface area (Å²) in [4.78, 5) is 0. The minimum atomic E-state index is 0.511. The van der Waals surface area contributed by atoms with E-state index in [0.29, 0.717) is 10.8 Å². The quantitative estimate of drug-likeness (QED) is 0.417. The van der Waals surface area contributed by atoms with Crippen molar-refractivity contribution in [1.29, 1.82) is 0 Å². The van der Waals surface area contributed by atoms with Gasteiger partial charge in [-0.15, -0.1) is 0 Å². The third-order valence-corrected chi connectivity index (χ3v) is 10.8. The van der Waals surface area contributed by atoms with E-state index < -0.39 is 0 Å². The van der Waals surface area contributed by atoms with Gasteiger partial charge in [0.2, 0.25) is 0 Å². The lowest BCUT2D eigenvalue weighted by atomic mass is 9.47. The molecule has 172 valence electrons. The number of allylic oxidation sites excluding steroid dienone is 1. The van der Waals surface area contributed by atoms with Crippen LogP contribution in [0.2, 0.25) is 0 Å². The number of rotatable bonds is 7. The Bertz CT molecular complexity index is 620. The number of nitrogens with one attached hydrogen (secondary N) is 1. The molecule has 3 saturated carbocycles. The first kappa shape index (κ1) is 22.9. The van der Waals surface area contributed by atoms with Crippen molar-refractivity contribution in [2.45, 2.75) is 118 Å². The van der Waals surface area contributed by atoms with Crippen LogP contribution in [0.1, 0.15) is 112 Å². The van der Waals surface area contributed by atoms with Gasteiger partial charge in [-0.05, 0) is 104 Å². The van der Waals surface area contributed by atoms with Gasteiger partial charge in [0, 0.05) is 6.04 Å². The molecule has 0 spiro atoms. The van der Waals surface area contributed by atoms with Crippen LogP contribution in [0, 0.1) is 46.3 Å². The highest BCUT2D eigenvalue weighted by atomic mass is 14.9. The molecule has 0 aromatic heterocycles. The summed E-state index contributed by atoms with van der Waals surface area (Å²) < 4.78 is 0. The molecule has 0 heterocycles. The molecule has 4 aliphatic carbocycles. The van der Waals surface area contributed by atoms with E-state index in [4.69, 9.17) is 0 Å². The van der Waals surface area contributed by atoms with Crippen LogP contribution in [0.5, 0.6) is 0 Å². The molecule has 5 unspecified atom stereocenters. The molecule has 0 aromatic carbocycles. The summed E-state index contributed by atoms with van der Waals surface area (Å²) in [5.74, 6) is 5.71. The van der Waals surface area contributed by atoms with E-state index >= 15 is 0 Å². The fourth-order valence-electron chi connectivity index (χ4n) is 9.15.